The molecular weight excluding hydrogens is 416 g/mol. The van der Waals surface area contributed by atoms with Crippen LogP contribution in [-0.4, -0.2) is 50.9 Å². The van der Waals surface area contributed by atoms with Gasteiger partial charge in [-0.1, -0.05) is 31.5 Å². The highest BCUT2D eigenvalue weighted by Crippen LogP contribution is 2.34. The maximum atomic E-state index is 12.9. The molecule has 2 aliphatic heterocycles. The molecule has 2 fully saturated rings. The Labute approximate surface area is 195 Å². The molecule has 5 rings (SSSR count). The van der Waals surface area contributed by atoms with Crippen molar-refractivity contribution in [2.75, 3.05) is 26.2 Å². The lowest BCUT2D eigenvalue weighted by molar-refractivity contribution is 0.0794. The Morgan fingerprint density at radius 2 is 1.69 bits per heavy atom. The lowest BCUT2D eigenvalue weighted by Crippen LogP contribution is -2.28. The van der Waals surface area contributed by atoms with Crippen LogP contribution < -0.4 is 0 Å². The van der Waals surface area contributed by atoms with Gasteiger partial charge in [-0.25, -0.2) is 8.82 Å². The zero-order valence-electron chi connectivity index (χ0n) is 19.5. The maximum Gasteiger partial charge on any atom is 0.257 e. The predicted molar refractivity (Wildman–Crippen MR) is 132 cm³/mol. The molecule has 4 heterocycles. The van der Waals surface area contributed by atoms with Gasteiger partial charge in [-0.05, 0) is 80.3 Å². The van der Waals surface area contributed by atoms with Crippen molar-refractivity contribution in [2.24, 2.45) is 0 Å². The van der Waals surface area contributed by atoms with Crippen molar-refractivity contribution in [3.05, 3.63) is 65.5 Å². The number of amides is 1. The molecule has 0 unspecified atom stereocenters. The van der Waals surface area contributed by atoms with E-state index in [4.69, 9.17) is 0 Å². The third kappa shape index (κ3) is 5.02. The first-order valence-electron chi connectivity index (χ1n) is 11.9. The summed E-state index contributed by atoms with van der Waals surface area (Å²) < 4.78 is 4.32. The minimum absolute atomic E-state index is 0.129. The fraction of sp³-hybridized carbons (Fsp3) is 0.462. The van der Waals surface area contributed by atoms with Gasteiger partial charge in [0.1, 0.15) is 0 Å². The summed E-state index contributed by atoms with van der Waals surface area (Å²) in [5.41, 5.74) is 4.32. The number of carbonyl (C=O) groups excluding carboxylic acids is 1. The number of aryl methyl sites for hydroxylation is 1. The summed E-state index contributed by atoms with van der Waals surface area (Å²) in [4.78, 5) is 16.2. The largest absolute Gasteiger partial charge is 0.339 e. The lowest BCUT2D eigenvalue weighted by Gasteiger charge is -2.31. The molecule has 5 nitrogen and oxygen atoms in total. The predicted octanol–water partition coefficient (Wildman–Crippen LogP) is 5.79. The second-order valence-corrected chi connectivity index (χ2v) is 9.63. The average molecular weight is 451 g/mol. The number of likely N-dealkylation sites (tertiary alicyclic amines) is 1. The van der Waals surface area contributed by atoms with Crippen LogP contribution >= 0.6 is 11.9 Å². The monoisotopic (exact) mass is 450 g/mol. The number of aromatic nitrogens is 2. The quantitative estimate of drug-likeness (QED) is 0.472. The van der Waals surface area contributed by atoms with Crippen LogP contribution in [0.4, 0.5) is 0 Å². The van der Waals surface area contributed by atoms with Crippen LogP contribution in [0.15, 0.2) is 53.7 Å². The van der Waals surface area contributed by atoms with Crippen molar-refractivity contribution in [1.29, 1.82) is 0 Å². The van der Waals surface area contributed by atoms with Gasteiger partial charge < -0.3 is 4.90 Å². The lowest BCUT2D eigenvalue weighted by atomic mass is 9.90. The number of hydrogen-bond donors (Lipinski definition) is 0. The minimum Gasteiger partial charge on any atom is -0.339 e. The molecule has 0 spiro atoms. The van der Waals surface area contributed by atoms with Crippen LogP contribution in [0.5, 0.6) is 0 Å². The topological polar surface area (TPSA) is 40.9 Å². The van der Waals surface area contributed by atoms with E-state index < -0.39 is 0 Å². The second-order valence-electron chi connectivity index (χ2n) is 8.46. The molecule has 2 saturated heterocycles. The minimum atomic E-state index is 0.129. The Hall–Kier alpha value is -2.31. The van der Waals surface area contributed by atoms with Crippen LogP contribution in [0.25, 0.3) is 5.52 Å². The highest BCUT2D eigenvalue weighted by molar-refractivity contribution is 7.97. The molecule has 0 aliphatic carbocycles. The molecular formula is C26H34N4OS. The van der Waals surface area contributed by atoms with E-state index in [-0.39, 0.29) is 5.91 Å². The first kappa shape index (κ1) is 22.9. The molecule has 32 heavy (non-hydrogen) atoms. The Balaban J connectivity index is 0.00000119. The summed E-state index contributed by atoms with van der Waals surface area (Å²) >= 11 is 1.86. The van der Waals surface area contributed by atoms with Crippen LogP contribution in [0, 0.1) is 6.92 Å². The summed E-state index contributed by atoms with van der Waals surface area (Å²) in [5.74, 6) is 0.665. The van der Waals surface area contributed by atoms with Gasteiger partial charge in [-0.15, -0.1) is 0 Å². The molecule has 0 N–H and O–H groups in total. The van der Waals surface area contributed by atoms with Gasteiger partial charge in [0.25, 0.3) is 5.91 Å². The molecule has 3 aromatic rings. The number of carbonyl (C=O) groups is 1. The fourth-order valence-electron chi connectivity index (χ4n) is 4.53. The molecule has 1 amide bonds. The van der Waals surface area contributed by atoms with E-state index >= 15 is 0 Å². The molecule has 0 radical (unpaired) electrons. The number of pyridine rings is 1. The van der Waals surface area contributed by atoms with Crippen LogP contribution in [0.1, 0.15) is 66.9 Å². The molecule has 6 heteroatoms. The van der Waals surface area contributed by atoms with Gasteiger partial charge in [0.05, 0.1) is 17.3 Å². The van der Waals surface area contributed by atoms with Crippen molar-refractivity contribution in [1.82, 2.24) is 18.8 Å². The summed E-state index contributed by atoms with van der Waals surface area (Å²) in [6.45, 7) is 10.0. The fourth-order valence-corrected chi connectivity index (χ4v) is 5.48. The smallest absolute Gasteiger partial charge is 0.257 e. The van der Waals surface area contributed by atoms with Gasteiger partial charge in [-0.2, -0.15) is 5.10 Å². The third-order valence-electron chi connectivity index (χ3n) is 6.35. The standard InChI is InChI=1S/C24H28N4OS.C2H6/c1-18-4-6-21(7-5-18)30-27-13-8-19(9-14-27)20-10-15-28-23(16-20)22(17-25-28)24(29)26-11-2-3-12-26;1-2/h4-7,10,15-17,19H,2-3,8-9,11-14H2,1H3;1-2H3. The molecule has 1 aromatic carbocycles. The van der Waals surface area contributed by atoms with Crippen LogP contribution in [-0.2, 0) is 0 Å². The summed E-state index contributed by atoms with van der Waals surface area (Å²) in [5, 5.41) is 4.42. The average Bonchev–Trinajstić information content (AvgIpc) is 3.52. The highest BCUT2D eigenvalue weighted by Gasteiger charge is 2.25. The second kappa shape index (κ2) is 10.5. The third-order valence-corrected chi connectivity index (χ3v) is 7.46. The van der Waals surface area contributed by atoms with Crippen molar-refractivity contribution in [2.45, 2.75) is 57.3 Å². The van der Waals surface area contributed by atoms with E-state index in [0.29, 0.717) is 5.92 Å². The van der Waals surface area contributed by atoms with Gasteiger partial charge in [0.15, 0.2) is 0 Å². The molecule has 0 saturated carbocycles. The zero-order valence-corrected chi connectivity index (χ0v) is 20.3. The molecule has 170 valence electrons. The Morgan fingerprint density at radius 3 is 2.38 bits per heavy atom. The number of rotatable bonds is 4. The summed E-state index contributed by atoms with van der Waals surface area (Å²) in [7, 11) is 0. The first-order valence-corrected chi connectivity index (χ1v) is 12.7. The van der Waals surface area contributed by atoms with Gasteiger partial charge in [-0.3, -0.25) is 4.79 Å². The van der Waals surface area contributed by atoms with Crippen molar-refractivity contribution >= 4 is 23.4 Å². The molecule has 2 aliphatic rings. The number of piperidine rings is 1. The Bertz CT molecular complexity index is 1030. The normalized spacial score (nSPS) is 17.4. The van der Waals surface area contributed by atoms with Crippen LogP contribution in [0.3, 0.4) is 0 Å². The number of benzene rings is 1. The number of hydrogen-bond acceptors (Lipinski definition) is 4. The van der Waals surface area contributed by atoms with E-state index in [0.717, 1.165) is 62.9 Å². The van der Waals surface area contributed by atoms with E-state index in [1.54, 1.807) is 6.20 Å². The summed E-state index contributed by atoms with van der Waals surface area (Å²) in [6, 6.07) is 13.1. The van der Waals surface area contributed by atoms with E-state index in [2.05, 4.69) is 52.7 Å². The van der Waals surface area contributed by atoms with Gasteiger partial charge in [0.2, 0.25) is 0 Å². The Morgan fingerprint density at radius 1 is 1.00 bits per heavy atom. The number of nitrogens with zero attached hydrogens (tertiary/aromatic N) is 4. The Kier molecular flexibility index (Phi) is 7.53. The zero-order chi connectivity index (χ0) is 22.5. The number of fused-ring (bicyclic) bond motifs is 1. The van der Waals surface area contributed by atoms with Gasteiger partial charge in [0, 0.05) is 37.3 Å². The SMILES string of the molecule is CC.Cc1ccc(SN2CCC(c3ccn4ncc(C(=O)N5CCCC5)c4c3)CC2)cc1. The van der Waals surface area contributed by atoms with E-state index in [1.165, 1.54) is 16.0 Å². The molecule has 0 atom stereocenters. The van der Waals surface area contributed by atoms with Crippen molar-refractivity contribution in [3.63, 3.8) is 0 Å². The van der Waals surface area contributed by atoms with Crippen molar-refractivity contribution in [3.8, 4) is 0 Å². The first-order chi connectivity index (χ1) is 15.7. The maximum absolute atomic E-state index is 12.9. The van der Waals surface area contributed by atoms with E-state index in [1.807, 2.05) is 41.4 Å². The summed E-state index contributed by atoms with van der Waals surface area (Å²) in [6.07, 6.45) is 8.24. The van der Waals surface area contributed by atoms with Crippen molar-refractivity contribution < 1.29 is 4.79 Å². The molecule has 0 bridgehead atoms. The van der Waals surface area contributed by atoms with E-state index in [9.17, 15) is 4.79 Å². The van der Waals surface area contributed by atoms with Crippen LogP contribution in [0.2, 0.25) is 0 Å². The van der Waals surface area contributed by atoms with Gasteiger partial charge >= 0.3 is 0 Å². The highest BCUT2D eigenvalue weighted by atomic mass is 32.2. The molecule has 2 aromatic heterocycles.